The van der Waals surface area contributed by atoms with Gasteiger partial charge in [0.25, 0.3) is 5.91 Å². The Bertz CT molecular complexity index is 799. The first kappa shape index (κ1) is 17.7. The van der Waals surface area contributed by atoms with Crippen molar-refractivity contribution >= 4 is 5.91 Å². The summed E-state index contributed by atoms with van der Waals surface area (Å²) in [5.41, 5.74) is 1.62. The first-order chi connectivity index (χ1) is 13.2. The maximum absolute atomic E-state index is 12.7. The third-order valence-corrected chi connectivity index (χ3v) is 4.76. The molecule has 0 aromatic heterocycles. The van der Waals surface area contributed by atoms with Gasteiger partial charge in [0.1, 0.15) is 12.4 Å². The quantitative estimate of drug-likeness (QED) is 0.782. The van der Waals surface area contributed by atoms with Crippen LogP contribution in [0.4, 0.5) is 0 Å². The van der Waals surface area contributed by atoms with Crippen molar-refractivity contribution in [3.63, 3.8) is 0 Å². The highest BCUT2D eigenvalue weighted by atomic mass is 16.7. The predicted molar refractivity (Wildman–Crippen MR) is 99.3 cm³/mol. The van der Waals surface area contributed by atoms with Gasteiger partial charge in [0.15, 0.2) is 11.5 Å². The molecule has 27 heavy (non-hydrogen) atoms. The molecule has 2 aromatic carbocycles. The van der Waals surface area contributed by atoms with E-state index in [9.17, 15) is 4.79 Å². The Hall–Kier alpha value is -2.73. The molecule has 0 N–H and O–H groups in total. The van der Waals surface area contributed by atoms with E-state index in [1.54, 1.807) is 24.1 Å². The molecule has 2 aromatic rings. The van der Waals surface area contributed by atoms with Crippen LogP contribution in [-0.4, -0.2) is 44.0 Å². The molecule has 6 heteroatoms. The van der Waals surface area contributed by atoms with Crippen LogP contribution in [0, 0.1) is 0 Å². The summed E-state index contributed by atoms with van der Waals surface area (Å²) in [6.45, 7) is 2.11. The van der Waals surface area contributed by atoms with Gasteiger partial charge in [-0.05, 0) is 54.8 Å². The molecule has 0 unspecified atom stereocenters. The van der Waals surface area contributed by atoms with Crippen LogP contribution in [0.3, 0.4) is 0 Å². The van der Waals surface area contributed by atoms with Crippen molar-refractivity contribution in [3.05, 3.63) is 53.6 Å². The van der Waals surface area contributed by atoms with Crippen LogP contribution in [0.15, 0.2) is 42.5 Å². The van der Waals surface area contributed by atoms with E-state index in [0.717, 1.165) is 42.3 Å². The zero-order valence-electron chi connectivity index (χ0n) is 15.3. The lowest BCUT2D eigenvalue weighted by atomic mass is 10.1. The smallest absolute Gasteiger partial charge is 0.253 e. The molecule has 4 rings (SSSR count). The van der Waals surface area contributed by atoms with Gasteiger partial charge in [-0.1, -0.05) is 6.07 Å². The first-order valence-corrected chi connectivity index (χ1v) is 9.17. The summed E-state index contributed by atoms with van der Waals surface area (Å²) in [5, 5.41) is 0. The molecule has 142 valence electrons. The SMILES string of the molecule is CN(Cc1ccc2c(c1)OCO2)C(=O)c1ccc(OC[C@H]2CCCO2)cc1. The second-order valence-corrected chi connectivity index (χ2v) is 6.82. The van der Waals surface area contributed by atoms with Gasteiger partial charge in [0, 0.05) is 25.8 Å². The lowest BCUT2D eigenvalue weighted by Crippen LogP contribution is -2.26. The summed E-state index contributed by atoms with van der Waals surface area (Å²) >= 11 is 0. The fourth-order valence-corrected chi connectivity index (χ4v) is 3.26. The van der Waals surface area contributed by atoms with Gasteiger partial charge in [-0.25, -0.2) is 0 Å². The molecule has 2 heterocycles. The van der Waals surface area contributed by atoms with Gasteiger partial charge in [-0.2, -0.15) is 0 Å². The first-order valence-electron chi connectivity index (χ1n) is 9.17. The van der Waals surface area contributed by atoms with Crippen LogP contribution >= 0.6 is 0 Å². The summed E-state index contributed by atoms with van der Waals surface area (Å²) < 4.78 is 22.0. The van der Waals surface area contributed by atoms with Gasteiger partial charge >= 0.3 is 0 Å². The number of amides is 1. The number of carbonyl (C=O) groups excluding carboxylic acids is 1. The minimum absolute atomic E-state index is 0.0432. The molecule has 0 saturated carbocycles. The normalized spacial score (nSPS) is 17.7. The van der Waals surface area contributed by atoms with Crippen LogP contribution in [0.1, 0.15) is 28.8 Å². The number of hydrogen-bond acceptors (Lipinski definition) is 5. The molecule has 2 aliphatic rings. The number of rotatable bonds is 6. The summed E-state index contributed by atoms with van der Waals surface area (Å²) in [7, 11) is 1.79. The molecule has 0 aliphatic carbocycles. The third kappa shape index (κ3) is 4.17. The van der Waals surface area contributed by atoms with E-state index in [4.69, 9.17) is 18.9 Å². The van der Waals surface area contributed by atoms with E-state index in [0.29, 0.717) is 18.7 Å². The molecule has 0 radical (unpaired) electrons. The van der Waals surface area contributed by atoms with Crippen LogP contribution in [0.2, 0.25) is 0 Å². The van der Waals surface area contributed by atoms with E-state index >= 15 is 0 Å². The Morgan fingerprint density at radius 1 is 1.15 bits per heavy atom. The van der Waals surface area contributed by atoms with Crippen LogP contribution < -0.4 is 14.2 Å². The molecular weight excluding hydrogens is 346 g/mol. The lowest BCUT2D eigenvalue weighted by Gasteiger charge is -2.18. The minimum Gasteiger partial charge on any atom is -0.491 e. The Balaban J connectivity index is 1.34. The maximum Gasteiger partial charge on any atom is 0.253 e. The summed E-state index contributed by atoms with van der Waals surface area (Å²) in [4.78, 5) is 14.4. The molecule has 1 amide bonds. The molecule has 1 fully saturated rings. The summed E-state index contributed by atoms with van der Waals surface area (Å²) in [6, 6.07) is 13.0. The van der Waals surface area contributed by atoms with Crippen LogP contribution in [-0.2, 0) is 11.3 Å². The zero-order valence-corrected chi connectivity index (χ0v) is 15.3. The van der Waals surface area contributed by atoms with Crippen molar-refractivity contribution in [1.29, 1.82) is 0 Å². The molecule has 6 nitrogen and oxygen atoms in total. The number of fused-ring (bicyclic) bond motifs is 1. The number of nitrogens with zero attached hydrogens (tertiary/aromatic N) is 1. The highest BCUT2D eigenvalue weighted by Gasteiger charge is 2.18. The largest absolute Gasteiger partial charge is 0.491 e. The zero-order chi connectivity index (χ0) is 18.6. The topological polar surface area (TPSA) is 57.2 Å². The molecule has 1 saturated heterocycles. The fourth-order valence-electron chi connectivity index (χ4n) is 3.26. The average Bonchev–Trinajstić information content (AvgIpc) is 3.37. The summed E-state index contributed by atoms with van der Waals surface area (Å²) in [6.07, 6.45) is 2.32. The van der Waals surface area contributed by atoms with Gasteiger partial charge in [-0.15, -0.1) is 0 Å². The van der Waals surface area contributed by atoms with E-state index < -0.39 is 0 Å². The number of ether oxygens (including phenoxy) is 4. The lowest BCUT2D eigenvalue weighted by molar-refractivity contribution is 0.0679. The fraction of sp³-hybridized carbons (Fsp3) is 0.381. The van der Waals surface area contributed by atoms with E-state index in [1.807, 2.05) is 30.3 Å². The third-order valence-electron chi connectivity index (χ3n) is 4.76. The van der Waals surface area contributed by atoms with Gasteiger partial charge in [0.05, 0.1) is 6.10 Å². The van der Waals surface area contributed by atoms with Gasteiger partial charge < -0.3 is 23.8 Å². The molecule has 0 bridgehead atoms. The number of benzene rings is 2. The van der Waals surface area contributed by atoms with E-state index in [-0.39, 0.29) is 18.8 Å². The average molecular weight is 369 g/mol. The molecule has 2 aliphatic heterocycles. The maximum atomic E-state index is 12.7. The second kappa shape index (κ2) is 7.88. The monoisotopic (exact) mass is 369 g/mol. The Morgan fingerprint density at radius 3 is 2.74 bits per heavy atom. The molecular formula is C21H23NO5. The van der Waals surface area contributed by atoms with Crippen molar-refractivity contribution < 1.29 is 23.7 Å². The molecule has 0 spiro atoms. The van der Waals surface area contributed by atoms with Crippen molar-refractivity contribution in [2.24, 2.45) is 0 Å². The highest BCUT2D eigenvalue weighted by molar-refractivity contribution is 5.94. The predicted octanol–water partition coefficient (Wildman–Crippen LogP) is 3.25. The summed E-state index contributed by atoms with van der Waals surface area (Å²) in [5.74, 6) is 2.17. The molecule has 1 atom stereocenters. The van der Waals surface area contributed by atoms with Crippen molar-refractivity contribution in [1.82, 2.24) is 4.90 Å². The van der Waals surface area contributed by atoms with Gasteiger partial charge in [0.2, 0.25) is 6.79 Å². The van der Waals surface area contributed by atoms with Crippen LogP contribution in [0.5, 0.6) is 17.2 Å². The minimum atomic E-state index is -0.0432. The standard InChI is InChI=1S/C21H23NO5/c1-22(12-15-4-9-19-20(11-15)27-14-26-19)21(23)16-5-7-17(8-6-16)25-13-18-3-2-10-24-18/h4-9,11,18H,2-3,10,12-14H2,1H3/t18-/m1/s1. The van der Waals surface area contributed by atoms with Crippen LogP contribution in [0.25, 0.3) is 0 Å². The Labute approximate surface area is 158 Å². The Morgan fingerprint density at radius 2 is 1.96 bits per heavy atom. The van der Waals surface area contributed by atoms with Crippen molar-refractivity contribution in [3.8, 4) is 17.2 Å². The number of hydrogen-bond donors (Lipinski definition) is 0. The Kier molecular flexibility index (Phi) is 5.16. The number of carbonyl (C=O) groups is 1. The van der Waals surface area contributed by atoms with Crippen molar-refractivity contribution in [2.45, 2.75) is 25.5 Å². The van der Waals surface area contributed by atoms with E-state index in [1.165, 1.54) is 0 Å². The van der Waals surface area contributed by atoms with E-state index in [2.05, 4.69) is 0 Å². The van der Waals surface area contributed by atoms with Gasteiger partial charge in [-0.3, -0.25) is 4.79 Å². The highest BCUT2D eigenvalue weighted by Crippen LogP contribution is 2.32. The van der Waals surface area contributed by atoms with Crippen molar-refractivity contribution in [2.75, 3.05) is 27.1 Å². The second-order valence-electron chi connectivity index (χ2n) is 6.82.